The van der Waals surface area contributed by atoms with E-state index >= 15 is 0 Å². The molecule has 3 aromatic carbocycles. The smallest absolute Gasteiger partial charge is 0.467 e. The van der Waals surface area contributed by atoms with Crippen LogP contribution in [0.15, 0.2) is 60.7 Å². The van der Waals surface area contributed by atoms with E-state index in [0.717, 1.165) is 22.4 Å². The molecule has 0 heterocycles. The van der Waals surface area contributed by atoms with Gasteiger partial charge in [-0.3, -0.25) is 0 Å². The lowest BCUT2D eigenvalue weighted by Gasteiger charge is -2.34. The highest BCUT2D eigenvalue weighted by Crippen LogP contribution is 2.43. The zero-order valence-electron chi connectivity index (χ0n) is 17.3. The van der Waals surface area contributed by atoms with Gasteiger partial charge in [-0.15, -0.1) is 4.90 Å². The quantitative estimate of drug-likeness (QED) is 0.281. The molecule has 0 aliphatic rings. The highest BCUT2D eigenvalue weighted by Gasteiger charge is 2.57. The molecule has 0 bridgehead atoms. The van der Waals surface area contributed by atoms with Crippen molar-refractivity contribution in [2.75, 3.05) is 13.7 Å². The van der Waals surface area contributed by atoms with Crippen LogP contribution in [-0.4, -0.2) is 31.2 Å². The van der Waals surface area contributed by atoms with E-state index in [2.05, 4.69) is 0 Å². The molecule has 3 nitrogen and oxygen atoms in total. The molecule has 0 fully saturated rings. The van der Waals surface area contributed by atoms with Crippen LogP contribution in [-0.2, 0) is 0 Å². The van der Waals surface area contributed by atoms with E-state index in [0.29, 0.717) is 5.75 Å². The van der Waals surface area contributed by atoms with Gasteiger partial charge < -0.3 is 9.47 Å². The second kappa shape index (κ2) is 9.28. The number of benzene rings is 3. The first kappa shape index (κ1) is 23.7. The summed E-state index contributed by atoms with van der Waals surface area (Å²) in [5, 5.41) is 1.62. The minimum Gasteiger partial charge on any atom is -0.497 e. The van der Waals surface area contributed by atoms with E-state index in [-0.39, 0.29) is 17.9 Å². The number of hydrogen-bond acceptors (Lipinski definition) is 3. The molecule has 32 heavy (non-hydrogen) atoms. The number of aryl methyl sites for hydroxylation is 1. The average Bonchev–Trinajstić information content (AvgIpc) is 2.71. The fourth-order valence-corrected chi connectivity index (χ4v) is 3.64. The van der Waals surface area contributed by atoms with Crippen molar-refractivity contribution in [1.29, 1.82) is 0 Å². The molecule has 0 saturated carbocycles. The van der Waals surface area contributed by atoms with Crippen LogP contribution in [0.3, 0.4) is 0 Å². The summed E-state index contributed by atoms with van der Waals surface area (Å²) in [4.78, 5) is -1.40. The first-order chi connectivity index (χ1) is 15.0. The SMILES string of the molecule is COc1cccc([C@H](CCOc2cccc3c(C)cccc23)N(C(F)(F)F)C(F)(F)F)c1. The van der Waals surface area contributed by atoms with Gasteiger partial charge in [-0.05, 0) is 41.6 Å². The van der Waals surface area contributed by atoms with E-state index in [1.165, 1.54) is 25.3 Å². The summed E-state index contributed by atoms with van der Waals surface area (Å²) in [7, 11) is 1.28. The molecule has 3 rings (SSSR count). The second-order valence-corrected chi connectivity index (χ2v) is 7.16. The lowest BCUT2D eigenvalue weighted by molar-refractivity contribution is -0.387. The third-order valence-corrected chi connectivity index (χ3v) is 5.09. The molecule has 3 aromatic rings. The topological polar surface area (TPSA) is 21.7 Å². The van der Waals surface area contributed by atoms with Gasteiger partial charge in [0.05, 0.1) is 19.8 Å². The summed E-state index contributed by atoms with van der Waals surface area (Å²) < 4.78 is 91.5. The van der Waals surface area contributed by atoms with Crippen LogP contribution < -0.4 is 9.47 Å². The predicted octanol–water partition coefficient (Wildman–Crippen LogP) is 7.01. The number of halogens is 6. The maximum atomic E-state index is 13.5. The number of methoxy groups -OCH3 is 1. The minimum atomic E-state index is -5.64. The zero-order valence-corrected chi connectivity index (χ0v) is 17.3. The highest BCUT2D eigenvalue weighted by atomic mass is 19.4. The van der Waals surface area contributed by atoms with Crippen molar-refractivity contribution >= 4 is 10.8 Å². The molecule has 0 aromatic heterocycles. The molecular weight excluding hydrogens is 436 g/mol. The Bertz CT molecular complexity index is 1050. The van der Waals surface area contributed by atoms with Gasteiger partial charge in [0.15, 0.2) is 0 Å². The summed E-state index contributed by atoms with van der Waals surface area (Å²) in [5.74, 6) is 0.545. The summed E-state index contributed by atoms with van der Waals surface area (Å²) in [5.41, 5.74) is 0.791. The van der Waals surface area contributed by atoms with E-state index in [1.807, 2.05) is 19.1 Å². The first-order valence-corrected chi connectivity index (χ1v) is 9.70. The van der Waals surface area contributed by atoms with Crippen molar-refractivity contribution in [2.24, 2.45) is 0 Å². The Balaban J connectivity index is 1.92. The number of fused-ring (bicyclic) bond motifs is 1. The third-order valence-electron chi connectivity index (χ3n) is 5.09. The van der Waals surface area contributed by atoms with Gasteiger partial charge in [0.25, 0.3) is 0 Å². The van der Waals surface area contributed by atoms with E-state index in [9.17, 15) is 26.3 Å². The van der Waals surface area contributed by atoms with Crippen molar-refractivity contribution < 1.29 is 35.8 Å². The molecule has 0 amide bonds. The maximum Gasteiger partial charge on any atom is 0.467 e. The molecular formula is C23H21F6NO2. The number of hydrogen-bond donors (Lipinski definition) is 0. The van der Waals surface area contributed by atoms with E-state index < -0.39 is 30.0 Å². The monoisotopic (exact) mass is 457 g/mol. The van der Waals surface area contributed by atoms with Crippen LogP contribution >= 0.6 is 0 Å². The molecule has 0 aliphatic carbocycles. The molecule has 0 aliphatic heterocycles. The summed E-state index contributed by atoms with van der Waals surface area (Å²) in [6.45, 7) is 1.53. The molecule has 0 N–H and O–H groups in total. The molecule has 9 heteroatoms. The average molecular weight is 457 g/mol. The third kappa shape index (κ3) is 5.27. The fourth-order valence-electron chi connectivity index (χ4n) is 3.64. The Morgan fingerprint density at radius 1 is 0.844 bits per heavy atom. The van der Waals surface area contributed by atoms with Crippen molar-refractivity contribution in [1.82, 2.24) is 4.90 Å². The molecule has 0 unspecified atom stereocenters. The van der Waals surface area contributed by atoms with Gasteiger partial charge in [0.2, 0.25) is 0 Å². The first-order valence-electron chi connectivity index (χ1n) is 9.70. The van der Waals surface area contributed by atoms with Gasteiger partial charge in [-0.25, -0.2) is 0 Å². The Kier molecular flexibility index (Phi) is 6.88. The normalized spacial score (nSPS) is 13.4. The molecule has 0 saturated heterocycles. The van der Waals surface area contributed by atoms with Crippen molar-refractivity contribution in [3.63, 3.8) is 0 Å². The van der Waals surface area contributed by atoms with E-state index in [1.54, 1.807) is 24.3 Å². The number of rotatable bonds is 7. The highest BCUT2D eigenvalue weighted by molar-refractivity contribution is 5.90. The number of alkyl halides is 6. The van der Waals surface area contributed by atoms with Crippen molar-refractivity contribution in [3.8, 4) is 11.5 Å². The van der Waals surface area contributed by atoms with Crippen LogP contribution in [0.4, 0.5) is 26.3 Å². The Labute approximate surface area is 181 Å². The minimum absolute atomic E-state index is 0.155. The Morgan fingerprint density at radius 3 is 2.12 bits per heavy atom. The summed E-state index contributed by atoms with van der Waals surface area (Å²) in [6.07, 6.45) is -11.8. The second-order valence-electron chi connectivity index (χ2n) is 7.16. The summed E-state index contributed by atoms with van der Waals surface area (Å²) >= 11 is 0. The molecule has 172 valence electrons. The lowest BCUT2D eigenvalue weighted by atomic mass is 10.0. The van der Waals surface area contributed by atoms with E-state index in [4.69, 9.17) is 9.47 Å². The van der Waals surface area contributed by atoms with Gasteiger partial charge in [0.1, 0.15) is 11.5 Å². The largest absolute Gasteiger partial charge is 0.497 e. The van der Waals surface area contributed by atoms with Crippen LogP contribution in [0.1, 0.15) is 23.6 Å². The fraction of sp³-hybridized carbons (Fsp3) is 0.304. The van der Waals surface area contributed by atoms with Crippen LogP contribution in [0, 0.1) is 6.92 Å². The lowest BCUT2D eigenvalue weighted by Crippen LogP contribution is -2.50. The van der Waals surface area contributed by atoms with Crippen molar-refractivity contribution in [3.05, 3.63) is 71.8 Å². The number of nitrogens with zero attached hydrogens (tertiary/aromatic N) is 1. The molecule has 0 radical (unpaired) electrons. The summed E-state index contributed by atoms with van der Waals surface area (Å²) in [6, 6.07) is 13.8. The molecule has 0 spiro atoms. The Morgan fingerprint density at radius 2 is 1.47 bits per heavy atom. The molecule has 1 atom stereocenters. The standard InChI is InChI=1S/C23H21F6NO2/c1-15-6-3-10-19-18(15)9-5-11-21(19)32-13-12-20(16-7-4-8-17(14-16)31-2)30(22(24,25)26)23(27,28)29/h3-11,14,20H,12-13H2,1-2H3/t20-/m0/s1. The maximum absolute atomic E-state index is 13.5. The van der Waals surface area contributed by atoms with Crippen LogP contribution in [0.2, 0.25) is 0 Å². The van der Waals surface area contributed by atoms with Gasteiger partial charge in [0, 0.05) is 11.8 Å². The van der Waals surface area contributed by atoms with Gasteiger partial charge in [-0.2, -0.15) is 26.3 Å². The van der Waals surface area contributed by atoms with Crippen LogP contribution in [0.25, 0.3) is 10.8 Å². The van der Waals surface area contributed by atoms with Crippen molar-refractivity contribution in [2.45, 2.75) is 32.0 Å². The number of ether oxygens (including phenoxy) is 2. The van der Waals surface area contributed by atoms with Gasteiger partial charge in [-0.1, -0.05) is 42.5 Å². The zero-order chi connectivity index (χ0) is 23.5. The Hall–Kier alpha value is -2.94. The van der Waals surface area contributed by atoms with Crippen LogP contribution in [0.5, 0.6) is 11.5 Å². The predicted molar refractivity (Wildman–Crippen MR) is 108 cm³/mol. The van der Waals surface area contributed by atoms with Gasteiger partial charge >= 0.3 is 12.6 Å².